The van der Waals surface area contributed by atoms with E-state index in [9.17, 15) is 0 Å². The van der Waals surface area contributed by atoms with Gasteiger partial charge in [-0.2, -0.15) is 0 Å². The van der Waals surface area contributed by atoms with Gasteiger partial charge in [0, 0.05) is 30.5 Å². The smallest absolute Gasteiger partial charge is 0.139 e. The van der Waals surface area contributed by atoms with Gasteiger partial charge in [0.15, 0.2) is 0 Å². The highest BCUT2D eigenvalue weighted by molar-refractivity contribution is 6.31. The molecule has 3 aliphatic rings. The molecule has 2 aliphatic heterocycles. The van der Waals surface area contributed by atoms with Crippen molar-refractivity contribution >= 4 is 11.6 Å². The van der Waals surface area contributed by atoms with E-state index < -0.39 is 5.67 Å². The van der Waals surface area contributed by atoms with Crippen molar-refractivity contribution in [3.05, 3.63) is 34.3 Å². The fourth-order valence-electron chi connectivity index (χ4n) is 4.60. The molecule has 2 saturated heterocycles. The van der Waals surface area contributed by atoms with Gasteiger partial charge in [0.05, 0.1) is 0 Å². The lowest BCUT2D eigenvalue weighted by molar-refractivity contribution is -0.0391. The maximum Gasteiger partial charge on any atom is 0.139 e. The Kier molecular flexibility index (Phi) is 4.86. The van der Waals surface area contributed by atoms with Crippen molar-refractivity contribution < 1.29 is 4.39 Å². The van der Waals surface area contributed by atoms with Crippen molar-refractivity contribution in [1.82, 2.24) is 9.80 Å². The molecule has 1 saturated carbocycles. The molecule has 0 atom stereocenters. The molecule has 0 radical (unpaired) electrons. The number of rotatable bonds is 4. The van der Waals surface area contributed by atoms with Crippen molar-refractivity contribution in [2.45, 2.75) is 63.2 Å². The predicted octanol–water partition coefficient (Wildman–Crippen LogP) is 4.75. The topological polar surface area (TPSA) is 6.48 Å². The van der Waals surface area contributed by atoms with Gasteiger partial charge < -0.3 is 4.90 Å². The first-order chi connectivity index (χ1) is 11.6. The summed E-state index contributed by atoms with van der Waals surface area (Å²) >= 11 is 6.48. The predicted molar refractivity (Wildman–Crippen MR) is 97.2 cm³/mol. The van der Waals surface area contributed by atoms with E-state index in [1.54, 1.807) is 0 Å². The largest absolute Gasteiger partial charge is 0.300 e. The van der Waals surface area contributed by atoms with E-state index in [0.29, 0.717) is 18.9 Å². The highest BCUT2D eigenvalue weighted by Gasteiger charge is 2.48. The molecule has 2 heterocycles. The normalized spacial score (nSPS) is 32.0. The Labute approximate surface area is 150 Å². The van der Waals surface area contributed by atoms with E-state index in [0.717, 1.165) is 48.9 Å². The van der Waals surface area contributed by atoms with Gasteiger partial charge in [-0.3, -0.25) is 4.90 Å². The lowest BCUT2D eigenvalue weighted by Gasteiger charge is -2.48. The van der Waals surface area contributed by atoms with E-state index in [1.165, 1.54) is 32.1 Å². The van der Waals surface area contributed by atoms with Crippen molar-refractivity contribution in [2.75, 3.05) is 26.2 Å². The summed E-state index contributed by atoms with van der Waals surface area (Å²) in [5.74, 6) is 0. The molecule has 1 aromatic carbocycles. The average molecular weight is 351 g/mol. The second kappa shape index (κ2) is 6.93. The minimum Gasteiger partial charge on any atom is -0.300 e. The second-order valence-electron chi connectivity index (χ2n) is 7.91. The zero-order chi connectivity index (χ0) is 16.6. The number of nitrogens with zero attached hydrogens (tertiary/aromatic N) is 2. The Balaban J connectivity index is 1.40. The zero-order valence-electron chi connectivity index (χ0n) is 14.4. The lowest BCUT2D eigenvalue weighted by Crippen LogP contribution is -2.52. The highest BCUT2D eigenvalue weighted by Crippen LogP contribution is 2.48. The van der Waals surface area contributed by atoms with E-state index in [4.69, 9.17) is 11.6 Å². The fraction of sp³-hybridized carbons (Fsp3) is 0.700. The van der Waals surface area contributed by atoms with Crippen LogP contribution in [-0.4, -0.2) is 42.0 Å². The average Bonchev–Trinajstić information content (AvgIpc) is 3.07. The second-order valence-corrected chi connectivity index (χ2v) is 8.32. The Morgan fingerprint density at radius 2 is 1.67 bits per heavy atom. The van der Waals surface area contributed by atoms with Crippen LogP contribution in [0.15, 0.2) is 18.2 Å². The summed E-state index contributed by atoms with van der Waals surface area (Å²) < 4.78 is 15.3. The van der Waals surface area contributed by atoms with Crippen LogP contribution in [0.25, 0.3) is 0 Å². The number of hydrogen-bond donors (Lipinski definition) is 0. The van der Waals surface area contributed by atoms with Gasteiger partial charge >= 0.3 is 0 Å². The standard InChI is InChI=1S/C20H28ClFN2/c21-19-12-17(7-6-16(19)15-23-8-4-5-9-23)20(22)13-18(14-20)24-10-2-1-3-11-24/h6-7,12,18H,1-5,8-11,13-15H2. The van der Waals surface area contributed by atoms with Crippen molar-refractivity contribution in [1.29, 1.82) is 0 Å². The van der Waals surface area contributed by atoms with Crippen LogP contribution in [0.2, 0.25) is 5.02 Å². The van der Waals surface area contributed by atoms with Gasteiger partial charge in [-0.15, -0.1) is 0 Å². The quantitative estimate of drug-likeness (QED) is 0.773. The van der Waals surface area contributed by atoms with Gasteiger partial charge in [0.1, 0.15) is 5.67 Å². The van der Waals surface area contributed by atoms with Gasteiger partial charge in [-0.05, 0) is 69.1 Å². The van der Waals surface area contributed by atoms with Gasteiger partial charge in [0.2, 0.25) is 0 Å². The Morgan fingerprint density at radius 1 is 1.00 bits per heavy atom. The maximum atomic E-state index is 15.3. The summed E-state index contributed by atoms with van der Waals surface area (Å²) in [6.45, 7) is 5.51. The minimum atomic E-state index is -1.17. The SMILES string of the molecule is FC1(c2ccc(CN3CCCC3)c(Cl)c2)CC(N2CCCCC2)C1. The van der Waals surface area contributed by atoms with Gasteiger partial charge in [0.25, 0.3) is 0 Å². The monoisotopic (exact) mass is 350 g/mol. The van der Waals surface area contributed by atoms with Crippen LogP contribution in [0.4, 0.5) is 4.39 Å². The van der Waals surface area contributed by atoms with Crippen LogP contribution in [-0.2, 0) is 12.2 Å². The Morgan fingerprint density at radius 3 is 2.33 bits per heavy atom. The third kappa shape index (κ3) is 3.36. The highest BCUT2D eigenvalue weighted by atomic mass is 35.5. The molecule has 4 rings (SSSR count). The number of piperidine rings is 1. The molecule has 4 heteroatoms. The molecule has 0 unspecified atom stereocenters. The molecule has 2 nitrogen and oxygen atoms in total. The van der Waals surface area contributed by atoms with Crippen LogP contribution in [0.1, 0.15) is 56.1 Å². The molecular formula is C20H28ClFN2. The lowest BCUT2D eigenvalue weighted by atomic mass is 9.71. The first-order valence-corrected chi connectivity index (χ1v) is 9.96. The molecule has 0 aromatic heterocycles. The molecule has 0 spiro atoms. The summed E-state index contributed by atoms with van der Waals surface area (Å²) in [6.07, 6.45) is 7.70. The Bertz CT molecular complexity index is 573. The van der Waals surface area contributed by atoms with Crippen molar-refractivity contribution in [3.8, 4) is 0 Å². The van der Waals surface area contributed by atoms with E-state index in [-0.39, 0.29) is 0 Å². The van der Waals surface area contributed by atoms with Crippen LogP contribution in [0.3, 0.4) is 0 Å². The third-order valence-electron chi connectivity index (χ3n) is 6.19. The number of hydrogen-bond acceptors (Lipinski definition) is 2. The number of halogens is 2. The van der Waals surface area contributed by atoms with Crippen LogP contribution < -0.4 is 0 Å². The molecule has 1 aliphatic carbocycles. The van der Waals surface area contributed by atoms with E-state index in [2.05, 4.69) is 9.80 Å². The van der Waals surface area contributed by atoms with E-state index in [1.807, 2.05) is 18.2 Å². The minimum absolute atomic E-state index is 0.429. The first-order valence-electron chi connectivity index (χ1n) is 9.58. The number of benzene rings is 1. The summed E-state index contributed by atoms with van der Waals surface area (Å²) in [5, 5.41) is 0.734. The third-order valence-corrected chi connectivity index (χ3v) is 6.54. The number of alkyl halides is 1. The Hall–Kier alpha value is -0.640. The molecule has 0 amide bonds. The molecule has 1 aromatic rings. The maximum absolute atomic E-state index is 15.3. The summed E-state index contributed by atoms with van der Waals surface area (Å²) in [7, 11) is 0. The van der Waals surface area contributed by atoms with Crippen LogP contribution in [0, 0.1) is 0 Å². The van der Waals surface area contributed by atoms with Gasteiger partial charge in [-0.1, -0.05) is 30.2 Å². The first kappa shape index (κ1) is 16.8. The van der Waals surface area contributed by atoms with Crippen molar-refractivity contribution in [2.24, 2.45) is 0 Å². The molecule has 132 valence electrons. The van der Waals surface area contributed by atoms with Gasteiger partial charge in [-0.25, -0.2) is 4.39 Å². The molecule has 0 bridgehead atoms. The summed E-state index contributed by atoms with van der Waals surface area (Å²) in [5.41, 5.74) is 0.751. The molecular weight excluding hydrogens is 323 g/mol. The number of likely N-dealkylation sites (tertiary alicyclic amines) is 2. The van der Waals surface area contributed by atoms with Crippen LogP contribution in [0.5, 0.6) is 0 Å². The fourth-order valence-corrected chi connectivity index (χ4v) is 4.84. The zero-order valence-corrected chi connectivity index (χ0v) is 15.2. The van der Waals surface area contributed by atoms with Crippen molar-refractivity contribution in [3.63, 3.8) is 0 Å². The summed E-state index contributed by atoms with van der Waals surface area (Å²) in [6, 6.07) is 6.34. The molecule has 24 heavy (non-hydrogen) atoms. The molecule has 3 fully saturated rings. The van der Waals surface area contributed by atoms with E-state index >= 15 is 4.39 Å². The molecule has 0 N–H and O–H groups in total. The summed E-state index contributed by atoms with van der Waals surface area (Å²) in [4.78, 5) is 4.92. The van der Waals surface area contributed by atoms with Crippen LogP contribution >= 0.6 is 11.6 Å².